The number of hydrogen-bond acceptors (Lipinski definition) is 4. The van der Waals surface area contributed by atoms with E-state index in [1.54, 1.807) is 0 Å². The van der Waals surface area contributed by atoms with Crippen molar-refractivity contribution in [2.45, 2.75) is 47.0 Å². The van der Waals surface area contributed by atoms with Crippen molar-refractivity contribution < 1.29 is 0 Å². The van der Waals surface area contributed by atoms with Crippen molar-refractivity contribution in [2.24, 2.45) is 0 Å². The summed E-state index contributed by atoms with van der Waals surface area (Å²) in [6.07, 6.45) is 20.3. The number of para-hydroxylation sites is 2. The minimum Gasteiger partial charge on any atom is -0.356 e. The average Bonchev–Trinajstić information content (AvgIpc) is 3.80. The Morgan fingerprint density at radius 2 is 1.45 bits per heavy atom. The fraction of sp³-hybridized carbons (Fsp3) is 0.188. The van der Waals surface area contributed by atoms with Gasteiger partial charge in [-0.1, -0.05) is 113 Å². The maximum Gasteiger partial charge on any atom is 0.0991 e. The maximum absolute atomic E-state index is 9.56. The van der Waals surface area contributed by atoms with E-state index >= 15 is 0 Å². The molecule has 1 aromatic heterocycles. The highest BCUT2D eigenvalue weighted by atomic mass is 15.3. The normalized spacial score (nSPS) is 15.7. The molecule has 0 spiro atoms. The molecule has 53 heavy (non-hydrogen) atoms. The summed E-state index contributed by atoms with van der Waals surface area (Å²) in [5.41, 5.74) is 18.2. The van der Waals surface area contributed by atoms with Crippen LogP contribution in [0, 0.1) is 11.3 Å². The summed E-state index contributed by atoms with van der Waals surface area (Å²) >= 11 is 0. The van der Waals surface area contributed by atoms with Gasteiger partial charge in [0.15, 0.2) is 0 Å². The van der Waals surface area contributed by atoms with Gasteiger partial charge in [0, 0.05) is 27.8 Å². The van der Waals surface area contributed by atoms with Crippen LogP contribution in [-0.4, -0.2) is 18.7 Å². The molecule has 5 aromatic rings. The average molecular weight is 700 g/mol. The molecule has 0 atom stereocenters. The molecule has 2 aliphatic carbocycles. The SMILES string of the molecule is C=C/C=C(\CCC)n1c2ccc(C#N)cc2c2cc(C3=C/C=C\C(C)=C4CC=C\C4=C\3)ccc21.CC.CNNC.c1ccc(Nc2ccccc2)cc1. The van der Waals surface area contributed by atoms with Gasteiger partial charge in [0.1, 0.15) is 0 Å². The van der Waals surface area contributed by atoms with Crippen LogP contribution in [0.5, 0.6) is 0 Å². The van der Waals surface area contributed by atoms with Gasteiger partial charge in [0.05, 0.1) is 22.7 Å². The third kappa shape index (κ3) is 10.3. The lowest BCUT2D eigenvalue weighted by atomic mass is 9.94. The fourth-order valence-electron chi connectivity index (χ4n) is 6.29. The number of hydrazine groups is 1. The first kappa shape index (κ1) is 39.8. The molecule has 4 aromatic carbocycles. The highest BCUT2D eigenvalue weighted by Gasteiger charge is 2.17. The van der Waals surface area contributed by atoms with Gasteiger partial charge in [-0.25, -0.2) is 0 Å². The van der Waals surface area contributed by atoms with E-state index in [1.807, 2.05) is 107 Å². The van der Waals surface area contributed by atoms with E-state index in [9.17, 15) is 5.26 Å². The summed E-state index contributed by atoms with van der Waals surface area (Å²) in [4.78, 5) is 0. The zero-order valence-electron chi connectivity index (χ0n) is 32.1. The van der Waals surface area contributed by atoms with Crippen molar-refractivity contribution in [3.8, 4) is 6.07 Å². The summed E-state index contributed by atoms with van der Waals surface area (Å²) in [6.45, 7) is 12.3. The molecule has 5 heteroatoms. The molecular weight excluding hydrogens is 647 g/mol. The van der Waals surface area contributed by atoms with Crippen LogP contribution in [0.1, 0.15) is 58.1 Å². The predicted octanol–water partition coefficient (Wildman–Crippen LogP) is 12.4. The highest BCUT2D eigenvalue weighted by Crippen LogP contribution is 2.37. The molecular formula is C48H53N5. The Morgan fingerprint density at radius 1 is 0.830 bits per heavy atom. The molecule has 0 unspecified atom stereocenters. The van der Waals surface area contributed by atoms with Gasteiger partial charge in [-0.2, -0.15) is 5.26 Å². The van der Waals surface area contributed by atoms with E-state index in [1.165, 1.54) is 33.6 Å². The number of aromatic nitrogens is 1. The number of nitrogens with zero attached hydrogens (tertiary/aromatic N) is 2. The van der Waals surface area contributed by atoms with Gasteiger partial charge in [-0.3, -0.25) is 10.9 Å². The molecule has 0 radical (unpaired) electrons. The molecule has 5 nitrogen and oxygen atoms in total. The number of hydrogen-bond donors (Lipinski definition) is 3. The third-order valence-corrected chi connectivity index (χ3v) is 8.79. The van der Waals surface area contributed by atoms with Gasteiger partial charge >= 0.3 is 0 Å². The lowest BCUT2D eigenvalue weighted by molar-refractivity contribution is 0.689. The van der Waals surface area contributed by atoms with Crippen molar-refractivity contribution in [2.75, 3.05) is 19.4 Å². The van der Waals surface area contributed by atoms with Gasteiger partial charge in [-0.15, -0.1) is 0 Å². The number of benzene rings is 4. The number of nitrogens with one attached hydrogen (secondary N) is 3. The minimum atomic E-state index is 0.679. The summed E-state index contributed by atoms with van der Waals surface area (Å²) in [7, 11) is 3.64. The molecule has 3 N–H and O–H groups in total. The number of anilines is 2. The van der Waals surface area contributed by atoms with Crippen LogP contribution in [-0.2, 0) is 0 Å². The molecule has 0 bridgehead atoms. The minimum absolute atomic E-state index is 0.679. The number of rotatable bonds is 8. The van der Waals surface area contributed by atoms with E-state index in [0.29, 0.717) is 5.56 Å². The van der Waals surface area contributed by atoms with Crippen LogP contribution >= 0.6 is 0 Å². The molecule has 2 aliphatic rings. The van der Waals surface area contributed by atoms with Crippen LogP contribution in [0.15, 0.2) is 169 Å². The summed E-state index contributed by atoms with van der Waals surface area (Å²) in [5, 5.41) is 15.1. The summed E-state index contributed by atoms with van der Waals surface area (Å²) < 4.78 is 2.33. The van der Waals surface area contributed by atoms with E-state index in [-0.39, 0.29) is 0 Å². The predicted molar refractivity (Wildman–Crippen MR) is 231 cm³/mol. The molecule has 1 heterocycles. The Balaban J connectivity index is 0.000000272. The Morgan fingerprint density at radius 3 is 2.04 bits per heavy atom. The van der Waals surface area contributed by atoms with Crippen molar-refractivity contribution in [1.29, 1.82) is 5.26 Å². The molecule has 0 saturated heterocycles. The first-order valence-electron chi connectivity index (χ1n) is 18.5. The Hall–Kier alpha value is -5.93. The van der Waals surface area contributed by atoms with Crippen LogP contribution < -0.4 is 16.2 Å². The molecule has 0 saturated carbocycles. The van der Waals surface area contributed by atoms with Gasteiger partial charge < -0.3 is 9.88 Å². The lowest BCUT2D eigenvalue weighted by Gasteiger charge is -2.13. The fourth-order valence-corrected chi connectivity index (χ4v) is 6.29. The first-order valence-corrected chi connectivity index (χ1v) is 18.5. The summed E-state index contributed by atoms with van der Waals surface area (Å²) in [6, 6.07) is 35.3. The standard InChI is InChI=1S/C32H28N2.C12H11N.C2H8N2.C2H6/c1-4-8-27(9-5-2)34-31-16-14-23(21-33)18-29(31)30-20-25(15-17-32(30)34)24-11-6-10-22(3)28-13-7-12-26(28)19-24;1-3-7-11(8-4-1)13-12-9-5-2-6-10-12;1-3-4-2;1-2/h4,6-8,10-12,14-20H,1,5,9,13H2,2-3H3;1-10,13H;3-4H,1-2H3;1-2H3/b10-6-,11-6?,22-10?,24-11+,24-19?,26-19-,27-8+,28-22?;;;. The van der Waals surface area contributed by atoms with Gasteiger partial charge in [-0.05, 0) is 128 Å². The van der Waals surface area contributed by atoms with Crippen LogP contribution in [0.25, 0.3) is 33.1 Å². The lowest BCUT2D eigenvalue weighted by Crippen LogP contribution is -2.21. The van der Waals surface area contributed by atoms with E-state index in [4.69, 9.17) is 0 Å². The van der Waals surface area contributed by atoms with Crippen LogP contribution in [0.3, 0.4) is 0 Å². The van der Waals surface area contributed by atoms with Crippen molar-refractivity contribution in [1.82, 2.24) is 15.4 Å². The Bertz CT molecular complexity index is 2160. The van der Waals surface area contributed by atoms with E-state index < -0.39 is 0 Å². The number of fused-ring (bicyclic) bond motifs is 4. The van der Waals surface area contributed by atoms with E-state index in [0.717, 1.165) is 52.4 Å². The molecule has 0 fully saturated rings. The number of nitriles is 1. The third-order valence-electron chi connectivity index (χ3n) is 8.79. The second-order valence-corrected chi connectivity index (χ2v) is 12.3. The van der Waals surface area contributed by atoms with E-state index in [2.05, 4.69) is 114 Å². The Labute approximate surface area is 316 Å². The Kier molecular flexibility index (Phi) is 15.6. The topological polar surface area (TPSA) is 64.8 Å². The van der Waals surface area contributed by atoms with Crippen molar-refractivity contribution in [3.05, 3.63) is 180 Å². The zero-order valence-corrected chi connectivity index (χ0v) is 32.1. The monoisotopic (exact) mass is 699 g/mol. The quantitative estimate of drug-likeness (QED) is 0.111. The van der Waals surface area contributed by atoms with Crippen molar-refractivity contribution >= 4 is 44.5 Å². The summed E-state index contributed by atoms with van der Waals surface area (Å²) in [5.74, 6) is 0. The van der Waals surface area contributed by atoms with Gasteiger partial charge in [0.25, 0.3) is 0 Å². The highest BCUT2D eigenvalue weighted by molar-refractivity contribution is 6.11. The zero-order chi connectivity index (χ0) is 38.0. The maximum atomic E-state index is 9.56. The van der Waals surface area contributed by atoms with Crippen LogP contribution in [0.2, 0.25) is 0 Å². The number of allylic oxidation sites excluding steroid dienone is 13. The van der Waals surface area contributed by atoms with Crippen LogP contribution in [0.4, 0.5) is 11.4 Å². The first-order chi connectivity index (χ1) is 26.0. The second kappa shape index (κ2) is 20.8. The molecule has 0 aliphatic heterocycles. The molecule has 270 valence electrons. The molecule has 7 rings (SSSR count). The van der Waals surface area contributed by atoms with Crippen molar-refractivity contribution in [3.63, 3.8) is 0 Å². The largest absolute Gasteiger partial charge is 0.356 e. The smallest absolute Gasteiger partial charge is 0.0991 e. The van der Waals surface area contributed by atoms with Gasteiger partial charge in [0.2, 0.25) is 0 Å². The second-order valence-electron chi connectivity index (χ2n) is 12.3. The molecule has 0 amide bonds.